The van der Waals surface area contributed by atoms with E-state index in [2.05, 4.69) is 91.5 Å². The lowest BCUT2D eigenvalue weighted by molar-refractivity contribution is 0.652. The number of para-hydroxylation sites is 2. The van der Waals surface area contributed by atoms with Crippen molar-refractivity contribution in [1.82, 2.24) is 0 Å². The molecule has 6 aromatic carbocycles. The van der Waals surface area contributed by atoms with Crippen molar-refractivity contribution in [2.45, 2.75) is 19.3 Å². The zero-order valence-electron chi connectivity index (χ0n) is 24.9. The van der Waals surface area contributed by atoms with Gasteiger partial charge in [0.1, 0.15) is 11.2 Å². The van der Waals surface area contributed by atoms with Gasteiger partial charge in [-0.2, -0.15) is 5.26 Å². The fourth-order valence-corrected chi connectivity index (χ4v) is 6.73. The summed E-state index contributed by atoms with van der Waals surface area (Å²) < 4.78 is 6.39. The third-order valence-corrected chi connectivity index (χ3v) is 9.08. The molecule has 0 N–H and O–H groups in total. The quantitative estimate of drug-likeness (QED) is 0.194. The average Bonchev–Trinajstić information content (AvgIpc) is 3.30. The molecule has 1 aliphatic carbocycles. The summed E-state index contributed by atoms with van der Waals surface area (Å²) in [6.07, 6.45) is 0. The summed E-state index contributed by atoms with van der Waals surface area (Å²) in [6.45, 7) is 4.46. The number of nitrogens with zero attached hydrogens (tertiary/aromatic N) is 2. The maximum absolute atomic E-state index is 14.0. The van der Waals surface area contributed by atoms with Gasteiger partial charge in [-0.05, 0) is 106 Å². The number of benzene rings is 6. The van der Waals surface area contributed by atoms with Crippen LogP contribution >= 0.6 is 0 Å². The molecule has 7 aromatic rings. The number of nitriles is 1. The third-order valence-electron chi connectivity index (χ3n) is 9.08. The largest absolute Gasteiger partial charge is 0.456 e. The number of hydrogen-bond donors (Lipinski definition) is 0. The van der Waals surface area contributed by atoms with Gasteiger partial charge >= 0.3 is 0 Å². The van der Waals surface area contributed by atoms with E-state index in [0.29, 0.717) is 27.5 Å². The molecule has 0 bridgehead atoms. The van der Waals surface area contributed by atoms with Crippen LogP contribution in [0.3, 0.4) is 0 Å². The first-order chi connectivity index (χ1) is 21.9. The molecule has 0 unspecified atom stereocenters. The van der Waals surface area contributed by atoms with E-state index in [9.17, 15) is 4.79 Å². The Morgan fingerprint density at radius 2 is 1.22 bits per heavy atom. The van der Waals surface area contributed by atoms with E-state index in [1.165, 1.54) is 5.56 Å². The summed E-state index contributed by atoms with van der Waals surface area (Å²) in [7, 11) is 0. The van der Waals surface area contributed by atoms with Crippen molar-refractivity contribution in [3.05, 3.63) is 160 Å². The molecule has 0 saturated heterocycles. The molecule has 1 aromatic heterocycles. The highest BCUT2D eigenvalue weighted by molar-refractivity contribution is 5.97. The lowest BCUT2D eigenvalue weighted by Crippen LogP contribution is -2.17. The predicted octanol–water partition coefficient (Wildman–Crippen LogP) is 10.3. The summed E-state index contributed by atoms with van der Waals surface area (Å²) in [5.74, 6) is 0. The molecule has 0 saturated carbocycles. The number of fused-ring (bicyclic) bond motifs is 5. The van der Waals surface area contributed by atoms with Crippen molar-refractivity contribution in [2.75, 3.05) is 4.90 Å². The maximum Gasteiger partial charge on any atom is 0.200 e. The van der Waals surface area contributed by atoms with Gasteiger partial charge in [-0.1, -0.05) is 74.5 Å². The van der Waals surface area contributed by atoms with E-state index in [1.54, 1.807) is 12.1 Å². The number of hydrogen-bond acceptors (Lipinski definition) is 4. The van der Waals surface area contributed by atoms with Crippen LogP contribution in [0.2, 0.25) is 0 Å². The second kappa shape index (κ2) is 10.1. The van der Waals surface area contributed by atoms with Crippen LogP contribution in [0, 0.1) is 11.3 Å². The Hall–Kier alpha value is -5.92. The van der Waals surface area contributed by atoms with Gasteiger partial charge in [-0.3, -0.25) is 4.79 Å². The van der Waals surface area contributed by atoms with Crippen LogP contribution in [0.1, 0.15) is 30.5 Å². The van der Waals surface area contributed by atoms with Crippen molar-refractivity contribution in [1.29, 1.82) is 5.26 Å². The van der Waals surface area contributed by atoms with E-state index >= 15 is 0 Å². The zero-order valence-corrected chi connectivity index (χ0v) is 24.9. The fourth-order valence-electron chi connectivity index (χ4n) is 6.73. The molecule has 214 valence electrons. The Balaban J connectivity index is 1.26. The van der Waals surface area contributed by atoms with Crippen LogP contribution in [0.5, 0.6) is 0 Å². The van der Waals surface area contributed by atoms with Gasteiger partial charge in [-0.25, -0.2) is 0 Å². The Kier molecular flexibility index (Phi) is 5.98. The van der Waals surface area contributed by atoms with Gasteiger partial charge in [0, 0.05) is 22.5 Å². The van der Waals surface area contributed by atoms with Crippen LogP contribution in [0.25, 0.3) is 44.2 Å². The molecule has 1 aliphatic rings. The zero-order chi connectivity index (χ0) is 30.7. The first-order valence-corrected chi connectivity index (χ1v) is 15.0. The maximum atomic E-state index is 14.0. The lowest BCUT2D eigenvalue weighted by atomic mass is 9.82. The average molecular weight is 581 g/mol. The fraction of sp³-hybridized carbons (Fsp3) is 0.0732. The second-order valence-electron chi connectivity index (χ2n) is 12.1. The predicted molar refractivity (Wildman–Crippen MR) is 182 cm³/mol. The van der Waals surface area contributed by atoms with Gasteiger partial charge in [0.15, 0.2) is 0 Å². The molecule has 0 atom stereocenters. The summed E-state index contributed by atoms with van der Waals surface area (Å²) in [5, 5.41) is 10.3. The van der Waals surface area contributed by atoms with Crippen molar-refractivity contribution < 1.29 is 4.42 Å². The molecule has 0 amide bonds. The highest BCUT2D eigenvalue weighted by Gasteiger charge is 2.37. The molecule has 0 aliphatic heterocycles. The van der Waals surface area contributed by atoms with E-state index in [1.807, 2.05) is 54.6 Å². The van der Waals surface area contributed by atoms with Crippen molar-refractivity contribution >= 4 is 39.0 Å². The monoisotopic (exact) mass is 580 g/mol. The standard InChI is InChI=1S/C41H28N2O2/c1-41(2)36-22-31(43(29-9-5-3-6-10-29)30-11-7-4-8-12-30)18-19-32(36)33-24-39-35(23-37(33)41)40(44)34-21-28(17-20-38(34)45-39)27-15-13-26(25-42)14-16-27/h3-24H,1-2H3. The molecule has 0 fully saturated rings. The highest BCUT2D eigenvalue weighted by atomic mass is 16.3. The number of anilines is 3. The topological polar surface area (TPSA) is 57.2 Å². The lowest BCUT2D eigenvalue weighted by Gasteiger charge is -2.28. The number of rotatable bonds is 4. The molecular weight excluding hydrogens is 552 g/mol. The molecule has 0 spiro atoms. The minimum absolute atomic E-state index is 0.0451. The smallest absolute Gasteiger partial charge is 0.200 e. The van der Waals surface area contributed by atoms with Crippen molar-refractivity contribution in [2.24, 2.45) is 0 Å². The molecular formula is C41H28N2O2. The van der Waals surface area contributed by atoms with E-state index in [0.717, 1.165) is 44.9 Å². The van der Waals surface area contributed by atoms with E-state index in [4.69, 9.17) is 9.68 Å². The molecule has 4 nitrogen and oxygen atoms in total. The SMILES string of the molecule is CC1(C)c2cc(N(c3ccccc3)c3ccccc3)ccc2-c2cc3oc4ccc(-c5ccc(C#N)cc5)cc4c(=O)c3cc21. The molecule has 45 heavy (non-hydrogen) atoms. The molecule has 0 radical (unpaired) electrons. The normalized spacial score (nSPS) is 12.9. The summed E-state index contributed by atoms with van der Waals surface area (Å²) in [5.41, 5.74) is 11.0. The first kappa shape index (κ1) is 26.7. The van der Waals surface area contributed by atoms with Gasteiger partial charge in [0.25, 0.3) is 0 Å². The van der Waals surface area contributed by atoms with Gasteiger partial charge in [0.05, 0.1) is 22.4 Å². The molecule has 8 rings (SSSR count). The Morgan fingerprint density at radius 3 is 1.89 bits per heavy atom. The Labute approximate surface area is 261 Å². The Morgan fingerprint density at radius 1 is 0.600 bits per heavy atom. The van der Waals surface area contributed by atoms with E-state index < -0.39 is 0 Å². The summed E-state index contributed by atoms with van der Waals surface area (Å²) >= 11 is 0. The van der Waals surface area contributed by atoms with Crippen molar-refractivity contribution in [3.63, 3.8) is 0 Å². The van der Waals surface area contributed by atoms with Crippen molar-refractivity contribution in [3.8, 4) is 28.3 Å². The summed E-state index contributed by atoms with van der Waals surface area (Å²) in [6, 6.07) is 46.8. The highest BCUT2D eigenvalue weighted by Crippen LogP contribution is 2.51. The molecule has 4 heteroatoms. The minimum Gasteiger partial charge on any atom is -0.456 e. The molecule has 1 heterocycles. The third kappa shape index (κ3) is 4.24. The first-order valence-electron chi connectivity index (χ1n) is 15.0. The van der Waals surface area contributed by atoms with Gasteiger partial charge < -0.3 is 9.32 Å². The van der Waals surface area contributed by atoms with Crippen LogP contribution < -0.4 is 10.3 Å². The summed E-state index contributed by atoms with van der Waals surface area (Å²) in [4.78, 5) is 16.3. The minimum atomic E-state index is -0.334. The van der Waals surface area contributed by atoms with E-state index in [-0.39, 0.29) is 10.8 Å². The van der Waals surface area contributed by atoms with Crippen LogP contribution in [-0.2, 0) is 5.41 Å². The second-order valence-corrected chi connectivity index (χ2v) is 12.1. The van der Waals surface area contributed by atoms with Crippen LogP contribution in [0.15, 0.2) is 143 Å². The van der Waals surface area contributed by atoms with Gasteiger partial charge in [0.2, 0.25) is 5.43 Å². The van der Waals surface area contributed by atoms with Gasteiger partial charge in [-0.15, -0.1) is 0 Å². The Bertz CT molecular complexity index is 2330. The van der Waals surface area contributed by atoms with Crippen LogP contribution in [-0.4, -0.2) is 0 Å². The van der Waals surface area contributed by atoms with Crippen LogP contribution in [0.4, 0.5) is 17.1 Å².